The number of H-pyrrole nitrogens is 1. The molecule has 0 aromatic carbocycles. The average molecular weight is 367 g/mol. The highest BCUT2D eigenvalue weighted by Gasteiger charge is 2.26. The Morgan fingerprint density at radius 2 is 1.96 bits per heavy atom. The van der Waals surface area contributed by atoms with E-state index in [1.54, 1.807) is 18.6 Å². The molecule has 0 radical (unpaired) electrons. The van der Waals surface area contributed by atoms with Gasteiger partial charge in [-0.25, -0.2) is 9.97 Å². The van der Waals surface area contributed by atoms with Gasteiger partial charge in [-0.15, -0.1) is 0 Å². The predicted octanol–water partition coefficient (Wildman–Crippen LogP) is 3.62. The van der Waals surface area contributed by atoms with Crippen LogP contribution in [0.2, 0.25) is 0 Å². The van der Waals surface area contributed by atoms with Crippen molar-refractivity contribution in [1.82, 2.24) is 24.8 Å². The van der Waals surface area contributed by atoms with E-state index in [4.69, 9.17) is 4.98 Å². The van der Waals surface area contributed by atoms with E-state index in [2.05, 4.69) is 19.9 Å². The molecule has 2 fully saturated rings. The first kappa shape index (κ1) is 18.1. The number of hydrogen-bond acceptors (Lipinski definition) is 4. The summed E-state index contributed by atoms with van der Waals surface area (Å²) in [7, 11) is 0. The molecule has 4 rings (SSSR count). The Morgan fingerprint density at radius 3 is 2.78 bits per heavy atom. The summed E-state index contributed by atoms with van der Waals surface area (Å²) in [5, 5.41) is 0. The normalized spacial score (nSPS) is 21.3. The Kier molecular flexibility index (Phi) is 5.80. The van der Waals surface area contributed by atoms with Crippen LogP contribution in [0.5, 0.6) is 0 Å². The van der Waals surface area contributed by atoms with Crippen molar-refractivity contribution < 1.29 is 4.79 Å². The second-order valence-electron chi connectivity index (χ2n) is 8.09. The Hall–Kier alpha value is -2.24. The van der Waals surface area contributed by atoms with Crippen molar-refractivity contribution in [2.75, 3.05) is 13.1 Å². The monoisotopic (exact) mass is 367 g/mol. The van der Waals surface area contributed by atoms with Crippen LogP contribution < -0.4 is 0 Å². The van der Waals surface area contributed by atoms with Gasteiger partial charge in [0.15, 0.2) is 5.82 Å². The van der Waals surface area contributed by atoms with Crippen LogP contribution in [0.15, 0.2) is 24.8 Å². The Labute approximate surface area is 160 Å². The molecule has 1 amide bonds. The van der Waals surface area contributed by atoms with Gasteiger partial charge in [0.2, 0.25) is 5.91 Å². The van der Waals surface area contributed by atoms with Gasteiger partial charge in [0, 0.05) is 38.1 Å². The number of nitrogens with zero attached hydrogens (tertiary/aromatic N) is 4. The number of rotatable bonds is 5. The zero-order valence-corrected chi connectivity index (χ0v) is 15.9. The molecular formula is C21H29N5O. The van der Waals surface area contributed by atoms with Gasteiger partial charge in [0.05, 0.1) is 11.9 Å². The number of aromatic nitrogens is 4. The molecule has 1 aliphatic heterocycles. The third-order valence-corrected chi connectivity index (χ3v) is 5.98. The zero-order chi connectivity index (χ0) is 18.5. The fraction of sp³-hybridized carbons (Fsp3) is 0.619. The number of likely N-dealkylation sites (tertiary alicyclic amines) is 1. The van der Waals surface area contributed by atoms with Crippen molar-refractivity contribution in [1.29, 1.82) is 0 Å². The fourth-order valence-electron chi connectivity index (χ4n) is 4.55. The number of carbonyl (C=O) groups is 1. The Balaban J connectivity index is 1.34. The molecule has 1 saturated heterocycles. The van der Waals surface area contributed by atoms with Crippen molar-refractivity contribution in [3.05, 3.63) is 30.5 Å². The first-order valence-electron chi connectivity index (χ1n) is 10.4. The van der Waals surface area contributed by atoms with E-state index >= 15 is 0 Å². The number of nitrogens with one attached hydrogen (secondary N) is 1. The second kappa shape index (κ2) is 8.63. The van der Waals surface area contributed by atoms with Gasteiger partial charge in [-0.1, -0.05) is 19.3 Å². The summed E-state index contributed by atoms with van der Waals surface area (Å²) in [5.41, 5.74) is 1.76. The molecule has 2 aromatic rings. The van der Waals surface area contributed by atoms with Crippen LogP contribution in [-0.2, 0) is 11.2 Å². The summed E-state index contributed by atoms with van der Waals surface area (Å²) in [6.07, 6.45) is 17.4. The molecular weight excluding hydrogens is 338 g/mol. The Bertz CT molecular complexity index is 739. The molecule has 1 N–H and O–H groups in total. The van der Waals surface area contributed by atoms with Crippen LogP contribution in [0.1, 0.15) is 57.1 Å². The van der Waals surface area contributed by atoms with Crippen molar-refractivity contribution >= 4 is 5.91 Å². The summed E-state index contributed by atoms with van der Waals surface area (Å²) in [4.78, 5) is 31.2. The van der Waals surface area contributed by atoms with Gasteiger partial charge in [-0.2, -0.15) is 0 Å². The molecule has 6 nitrogen and oxygen atoms in total. The van der Waals surface area contributed by atoms with Crippen LogP contribution in [0.4, 0.5) is 0 Å². The van der Waals surface area contributed by atoms with Crippen LogP contribution in [0.25, 0.3) is 11.5 Å². The summed E-state index contributed by atoms with van der Waals surface area (Å²) in [6, 6.07) is 0. The largest absolute Gasteiger partial charge is 0.343 e. The predicted molar refractivity (Wildman–Crippen MR) is 104 cm³/mol. The molecule has 6 heteroatoms. The molecule has 3 heterocycles. The number of piperidine rings is 1. The third-order valence-electron chi connectivity index (χ3n) is 5.98. The van der Waals surface area contributed by atoms with Gasteiger partial charge in [-0.3, -0.25) is 9.78 Å². The van der Waals surface area contributed by atoms with E-state index in [1.807, 2.05) is 6.20 Å². The van der Waals surface area contributed by atoms with Crippen molar-refractivity contribution in [2.45, 2.75) is 57.8 Å². The fourth-order valence-corrected chi connectivity index (χ4v) is 4.55. The molecule has 1 saturated carbocycles. The highest BCUT2D eigenvalue weighted by molar-refractivity contribution is 5.76. The molecule has 144 valence electrons. The highest BCUT2D eigenvalue weighted by Crippen LogP contribution is 2.28. The smallest absolute Gasteiger partial charge is 0.222 e. The summed E-state index contributed by atoms with van der Waals surface area (Å²) >= 11 is 0. The third kappa shape index (κ3) is 4.73. The molecule has 2 aromatic heterocycles. The van der Waals surface area contributed by atoms with Crippen LogP contribution in [0, 0.1) is 11.8 Å². The Morgan fingerprint density at radius 1 is 1.11 bits per heavy atom. The average Bonchev–Trinajstić information content (AvgIpc) is 3.24. The number of imidazole rings is 1. The maximum atomic E-state index is 12.8. The molecule has 0 spiro atoms. The van der Waals surface area contributed by atoms with Gasteiger partial charge >= 0.3 is 0 Å². The number of amides is 1. The van der Waals surface area contributed by atoms with Crippen LogP contribution >= 0.6 is 0 Å². The van der Waals surface area contributed by atoms with E-state index in [0.29, 0.717) is 17.7 Å². The first-order chi connectivity index (χ1) is 13.3. The van der Waals surface area contributed by atoms with E-state index in [-0.39, 0.29) is 0 Å². The maximum absolute atomic E-state index is 12.8. The minimum Gasteiger partial charge on any atom is -0.343 e. The molecule has 0 unspecified atom stereocenters. The van der Waals surface area contributed by atoms with E-state index in [9.17, 15) is 4.79 Å². The SMILES string of the molecule is O=C(CC1CCCCC1)N1CCC[C@H](Cc2cncc(-c3ncc[nH]3)n2)C1. The number of carbonyl (C=O) groups excluding carboxylic acids is 1. The van der Waals surface area contributed by atoms with Gasteiger partial charge in [0.25, 0.3) is 0 Å². The van der Waals surface area contributed by atoms with Crippen molar-refractivity contribution in [3.63, 3.8) is 0 Å². The van der Waals surface area contributed by atoms with Crippen LogP contribution in [0.3, 0.4) is 0 Å². The molecule has 1 aliphatic carbocycles. The van der Waals surface area contributed by atoms with Gasteiger partial charge < -0.3 is 9.88 Å². The standard InChI is InChI=1S/C21H29N5O/c27-20(12-16-5-2-1-3-6-16)26-10-4-7-17(15-26)11-18-13-22-14-19(25-18)21-23-8-9-24-21/h8-9,13-14,16-17H,1-7,10-12,15H2,(H,23,24)/t17-/m1/s1. The second-order valence-corrected chi connectivity index (χ2v) is 8.09. The van der Waals surface area contributed by atoms with Gasteiger partial charge in [0.1, 0.15) is 5.69 Å². The van der Waals surface area contributed by atoms with Crippen molar-refractivity contribution in [3.8, 4) is 11.5 Å². The van der Waals surface area contributed by atoms with Crippen LogP contribution in [-0.4, -0.2) is 43.8 Å². The van der Waals surface area contributed by atoms with E-state index in [1.165, 1.54) is 32.1 Å². The van der Waals surface area contributed by atoms with E-state index in [0.717, 1.165) is 56.0 Å². The lowest BCUT2D eigenvalue weighted by molar-refractivity contribution is -0.134. The lowest BCUT2D eigenvalue weighted by atomic mass is 9.86. The zero-order valence-electron chi connectivity index (χ0n) is 15.9. The summed E-state index contributed by atoms with van der Waals surface area (Å²) in [5.74, 6) is 2.19. The van der Waals surface area contributed by atoms with Crippen molar-refractivity contribution in [2.24, 2.45) is 11.8 Å². The summed E-state index contributed by atoms with van der Waals surface area (Å²) < 4.78 is 0. The topological polar surface area (TPSA) is 74.8 Å². The van der Waals surface area contributed by atoms with Gasteiger partial charge in [-0.05, 0) is 43.9 Å². The number of aromatic amines is 1. The first-order valence-corrected chi connectivity index (χ1v) is 10.4. The minimum atomic E-state index is 0.363. The minimum absolute atomic E-state index is 0.363. The quantitative estimate of drug-likeness (QED) is 0.876. The highest BCUT2D eigenvalue weighted by atomic mass is 16.2. The number of hydrogen-bond donors (Lipinski definition) is 1. The molecule has 27 heavy (non-hydrogen) atoms. The lowest BCUT2D eigenvalue weighted by Crippen LogP contribution is -2.41. The molecule has 0 bridgehead atoms. The molecule has 1 atom stereocenters. The molecule has 2 aliphatic rings. The summed E-state index contributed by atoms with van der Waals surface area (Å²) in [6.45, 7) is 1.78. The van der Waals surface area contributed by atoms with E-state index < -0.39 is 0 Å². The lowest BCUT2D eigenvalue weighted by Gasteiger charge is -2.34. The maximum Gasteiger partial charge on any atom is 0.222 e.